The van der Waals surface area contributed by atoms with Crippen molar-refractivity contribution >= 4 is 11.6 Å². The van der Waals surface area contributed by atoms with Crippen molar-refractivity contribution in [1.82, 2.24) is 5.32 Å². The maximum atomic E-state index is 8.62. The monoisotopic (exact) mass is 243 g/mol. The largest absolute Gasteiger partial charge is 0.496 e. The van der Waals surface area contributed by atoms with Crippen LogP contribution in [0.5, 0.6) is 5.75 Å². The summed E-state index contributed by atoms with van der Waals surface area (Å²) >= 11 is 5.93. The average molecular weight is 244 g/mol. The number of hydrogen-bond donors (Lipinski definition) is 2. The molecule has 0 saturated heterocycles. The number of aliphatic hydroxyl groups is 1. The van der Waals surface area contributed by atoms with Crippen LogP contribution in [0.4, 0.5) is 0 Å². The Morgan fingerprint density at radius 3 is 2.88 bits per heavy atom. The molecule has 90 valence electrons. The topological polar surface area (TPSA) is 41.5 Å². The third-order valence-electron chi connectivity index (χ3n) is 2.33. The first-order chi connectivity index (χ1) is 7.77. The highest BCUT2D eigenvalue weighted by Gasteiger charge is 2.03. The van der Waals surface area contributed by atoms with E-state index in [1.165, 1.54) is 0 Å². The van der Waals surface area contributed by atoms with Crippen molar-refractivity contribution in [3.05, 3.63) is 28.8 Å². The van der Waals surface area contributed by atoms with Gasteiger partial charge in [0, 0.05) is 11.6 Å². The average Bonchev–Trinajstić information content (AvgIpc) is 2.29. The molecule has 0 spiro atoms. The molecule has 0 bridgehead atoms. The lowest BCUT2D eigenvalue weighted by atomic mass is 10.1. The highest BCUT2D eigenvalue weighted by molar-refractivity contribution is 6.30. The number of hydrogen-bond acceptors (Lipinski definition) is 3. The number of halogens is 1. The van der Waals surface area contributed by atoms with Gasteiger partial charge in [-0.3, -0.25) is 0 Å². The van der Waals surface area contributed by atoms with Gasteiger partial charge in [-0.25, -0.2) is 0 Å². The zero-order valence-corrected chi connectivity index (χ0v) is 10.3. The SMILES string of the molecule is COc1ccc(Cl)cc1CCNCCCO. The van der Waals surface area contributed by atoms with E-state index in [4.69, 9.17) is 21.4 Å². The van der Waals surface area contributed by atoms with Crippen LogP contribution in [0.1, 0.15) is 12.0 Å². The Morgan fingerprint density at radius 1 is 1.38 bits per heavy atom. The van der Waals surface area contributed by atoms with E-state index in [0.29, 0.717) is 0 Å². The van der Waals surface area contributed by atoms with Crippen molar-refractivity contribution in [2.24, 2.45) is 0 Å². The molecule has 16 heavy (non-hydrogen) atoms. The van der Waals surface area contributed by atoms with Crippen LogP contribution >= 0.6 is 11.6 Å². The van der Waals surface area contributed by atoms with Gasteiger partial charge in [0.15, 0.2) is 0 Å². The second kappa shape index (κ2) is 7.49. The first-order valence-electron chi connectivity index (χ1n) is 5.42. The van der Waals surface area contributed by atoms with Gasteiger partial charge in [-0.15, -0.1) is 0 Å². The number of ether oxygens (including phenoxy) is 1. The molecule has 0 amide bonds. The van der Waals surface area contributed by atoms with Crippen molar-refractivity contribution in [3.63, 3.8) is 0 Å². The van der Waals surface area contributed by atoms with Crippen molar-refractivity contribution < 1.29 is 9.84 Å². The fraction of sp³-hybridized carbons (Fsp3) is 0.500. The van der Waals surface area contributed by atoms with E-state index in [2.05, 4.69) is 5.32 Å². The highest BCUT2D eigenvalue weighted by Crippen LogP contribution is 2.22. The fourth-order valence-electron chi connectivity index (χ4n) is 1.49. The van der Waals surface area contributed by atoms with E-state index in [-0.39, 0.29) is 6.61 Å². The lowest BCUT2D eigenvalue weighted by Crippen LogP contribution is -2.19. The van der Waals surface area contributed by atoms with Crippen molar-refractivity contribution in [2.75, 3.05) is 26.8 Å². The number of rotatable bonds is 7. The second-order valence-corrected chi connectivity index (χ2v) is 3.97. The summed E-state index contributed by atoms with van der Waals surface area (Å²) in [5.41, 5.74) is 1.10. The number of nitrogens with one attached hydrogen (secondary N) is 1. The van der Waals surface area contributed by atoms with Gasteiger partial charge in [-0.05, 0) is 49.7 Å². The maximum absolute atomic E-state index is 8.62. The molecule has 0 aliphatic heterocycles. The molecular formula is C12H18ClNO2. The molecule has 0 saturated carbocycles. The lowest BCUT2D eigenvalue weighted by molar-refractivity contribution is 0.286. The van der Waals surface area contributed by atoms with Gasteiger partial charge in [0.05, 0.1) is 7.11 Å². The van der Waals surface area contributed by atoms with Crippen molar-refractivity contribution in [1.29, 1.82) is 0 Å². The second-order valence-electron chi connectivity index (χ2n) is 3.53. The first-order valence-corrected chi connectivity index (χ1v) is 5.79. The van der Waals surface area contributed by atoms with E-state index >= 15 is 0 Å². The quantitative estimate of drug-likeness (QED) is 0.719. The van der Waals surface area contributed by atoms with Crippen molar-refractivity contribution in [2.45, 2.75) is 12.8 Å². The predicted octanol–water partition coefficient (Wildman–Crippen LogP) is 1.86. The third kappa shape index (κ3) is 4.39. The number of aliphatic hydroxyl groups excluding tert-OH is 1. The summed E-state index contributed by atoms with van der Waals surface area (Å²) in [4.78, 5) is 0. The molecule has 3 nitrogen and oxygen atoms in total. The minimum absolute atomic E-state index is 0.230. The van der Waals surface area contributed by atoms with Crippen LogP contribution in [0, 0.1) is 0 Å². The summed E-state index contributed by atoms with van der Waals surface area (Å²) in [6, 6.07) is 5.63. The van der Waals surface area contributed by atoms with E-state index in [0.717, 1.165) is 42.3 Å². The Balaban J connectivity index is 2.42. The van der Waals surface area contributed by atoms with Gasteiger partial charge in [0.25, 0.3) is 0 Å². The standard InChI is InChI=1S/C12H18ClNO2/c1-16-12-4-3-11(13)9-10(12)5-7-14-6-2-8-15/h3-4,9,14-15H,2,5-8H2,1H3. The first kappa shape index (κ1) is 13.3. The molecule has 0 fully saturated rings. The molecule has 0 unspecified atom stereocenters. The summed E-state index contributed by atoms with van der Waals surface area (Å²) in [5, 5.41) is 12.6. The highest BCUT2D eigenvalue weighted by atomic mass is 35.5. The Hall–Kier alpha value is -0.770. The van der Waals surface area contributed by atoms with Crippen LogP contribution < -0.4 is 10.1 Å². The van der Waals surface area contributed by atoms with Gasteiger partial charge in [-0.1, -0.05) is 11.6 Å². The molecule has 0 heterocycles. The smallest absolute Gasteiger partial charge is 0.122 e. The van der Waals surface area contributed by atoms with Crippen LogP contribution in [0.25, 0.3) is 0 Å². The van der Waals surface area contributed by atoms with E-state index in [1.54, 1.807) is 7.11 Å². The van der Waals surface area contributed by atoms with Crippen LogP contribution in [0.3, 0.4) is 0 Å². The Labute approximate surface area is 101 Å². The molecule has 0 atom stereocenters. The van der Waals surface area contributed by atoms with Gasteiger partial charge in [0.2, 0.25) is 0 Å². The molecule has 0 aliphatic carbocycles. The third-order valence-corrected chi connectivity index (χ3v) is 2.56. The van der Waals surface area contributed by atoms with Gasteiger partial charge in [-0.2, -0.15) is 0 Å². The summed E-state index contributed by atoms with van der Waals surface area (Å²) in [6.45, 7) is 1.92. The zero-order valence-electron chi connectivity index (χ0n) is 9.50. The Bertz CT molecular complexity index is 318. The summed E-state index contributed by atoms with van der Waals surface area (Å²) in [7, 11) is 1.66. The summed E-state index contributed by atoms with van der Waals surface area (Å²) in [6.07, 6.45) is 1.65. The lowest BCUT2D eigenvalue weighted by Gasteiger charge is -2.09. The molecule has 0 radical (unpaired) electrons. The molecule has 0 aliphatic rings. The van der Waals surface area contributed by atoms with Crippen LogP contribution in [0.2, 0.25) is 5.02 Å². The van der Waals surface area contributed by atoms with Crippen LogP contribution in [-0.2, 0) is 6.42 Å². The normalized spacial score (nSPS) is 10.4. The maximum Gasteiger partial charge on any atom is 0.122 e. The summed E-state index contributed by atoms with van der Waals surface area (Å²) < 4.78 is 5.25. The van der Waals surface area contributed by atoms with Crippen molar-refractivity contribution in [3.8, 4) is 5.75 Å². The van der Waals surface area contributed by atoms with Gasteiger partial charge >= 0.3 is 0 Å². The predicted molar refractivity (Wildman–Crippen MR) is 66.3 cm³/mol. The van der Waals surface area contributed by atoms with E-state index < -0.39 is 0 Å². The minimum atomic E-state index is 0.230. The van der Waals surface area contributed by atoms with E-state index in [1.807, 2.05) is 18.2 Å². The Kier molecular flexibility index (Phi) is 6.23. The minimum Gasteiger partial charge on any atom is -0.496 e. The van der Waals surface area contributed by atoms with Gasteiger partial charge in [0.1, 0.15) is 5.75 Å². The van der Waals surface area contributed by atoms with Crippen LogP contribution in [-0.4, -0.2) is 31.9 Å². The molecular weight excluding hydrogens is 226 g/mol. The molecule has 2 N–H and O–H groups in total. The number of benzene rings is 1. The molecule has 1 aromatic carbocycles. The summed E-state index contributed by atoms with van der Waals surface area (Å²) in [5.74, 6) is 0.869. The molecule has 0 aromatic heterocycles. The fourth-order valence-corrected chi connectivity index (χ4v) is 1.69. The molecule has 1 rings (SSSR count). The molecule has 4 heteroatoms. The van der Waals surface area contributed by atoms with Crippen LogP contribution in [0.15, 0.2) is 18.2 Å². The van der Waals surface area contributed by atoms with E-state index in [9.17, 15) is 0 Å². The Morgan fingerprint density at radius 2 is 2.19 bits per heavy atom. The molecule has 1 aromatic rings. The number of methoxy groups -OCH3 is 1. The zero-order chi connectivity index (χ0) is 11.8. The van der Waals surface area contributed by atoms with Gasteiger partial charge < -0.3 is 15.2 Å².